The van der Waals surface area contributed by atoms with Crippen molar-refractivity contribution >= 4 is 90.5 Å². The molecule has 0 bridgehead atoms. The number of piperazine rings is 1. The molecule has 2 aliphatic carbocycles. The number of morpholine rings is 1. The average Bonchev–Trinajstić information content (AvgIpc) is 1.65. The molecule has 0 aromatic carbocycles. The number of ether oxygens (including phenoxy) is 1. The maximum Gasteiger partial charge on any atom is 0.175 e. The van der Waals surface area contributed by atoms with E-state index < -0.39 is 0 Å². The molecule has 0 unspecified atom stereocenters. The first-order chi connectivity index (χ1) is 51.2. The zero-order valence-corrected chi connectivity index (χ0v) is 74.2. The third kappa shape index (κ3) is 22.5. The minimum absolute atomic E-state index is 0. The Kier molecular flexibility index (Phi) is 33.8. The van der Waals surface area contributed by atoms with Crippen LogP contribution in [0.5, 0.6) is 0 Å². The number of pyridine rings is 5. The van der Waals surface area contributed by atoms with Crippen molar-refractivity contribution in [3.63, 3.8) is 0 Å². The van der Waals surface area contributed by atoms with E-state index in [9.17, 15) is 0 Å². The molecular formula is C86H150N26O. The van der Waals surface area contributed by atoms with Crippen LogP contribution in [0.4, 0.5) is 63.0 Å². The van der Waals surface area contributed by atoms with Gasteiger partial charge < -0.3 is 124 Å². The molecule has 630 valence electrons. The molecule has 113 heavy (non-hydrogen) atoms. The monoisotopic (exact) mass is 1560 g/mol. The summed E-state index contributed by atoms with van der Waals surface area (Å²) in [5, 5.41) is 30.2. The number of nitrogens with zero attached hydrogens (tertiary/aromatic N) is 18. The summed E-state index contributed by atoms with van der Waals surface area (Å²) in [5.74, 6) is 2.45. The predicted molar refractivity (Wildman–Crippen MR) is 483 cm³/mol. The smallest absolute Gasteiger partial charge is 0.175 e. The van der Waals surface area contributed by atoms with E-state index in [1.165, 1.54) is 61.3 Å². The van der Waals surface area contributed by atoms with E-state index in [2.05, 4.69) is 166 Å². The van der Waals surface area contributed by atoms with Gasteiger partial charge in [0, 0.05) is 98.1 Å². The highest BCUT2D eigenvalue weighted by Gasteiger charge is 2.31. The van der Waals surface area contributed by atoms with Crippen LogP contribution in [0.2, 0.25) is 0 Å². The van der Waals surface area contributed by atoms with Gasteiger partial charge in [-0.25, -0.2) is 22.6 Å². The van der Waals surface area contributed by atoms with Gasteiger partial charge in [-0.2, -0.15) is 10.2 Å². The summed E-state index contributed by atoms with van der Waals surface area (Å²) < 4.78 is 19.4. The second-order valence-corrected chi connectivity index (χ2v) is 34.2. The number of nitrogen functional groups attached to an aromatic ring is 5. The van der Waals surface area contributed by atoms with Gasteiger partial charge in [0.15, 0.2) is 17.5 Å². The van der Waals surface area contributed by atoms with Crippen LogP contribution in [0.15, 0.2) is 79.3 Å². The highest BCUT2D eigenvalue weighted by atomic mass is 16.5. The number of hydrogen-bond donors (Lipinski definition) is 8. The van der Waals surface area contributed by atoms with Crippen LogP contribution < -0.4 is 63.8 Å². The van der Waals surface area contributed by atoms with E-state index >= 15 is 0 Å². The fourth-order valence-electron chi connectivity index (χ4n) is 15.4. The molecular weight excluding hydrogens is 1410 g/mol. The van der Waals surface area contributed by atoms with Gasteiger partial charge in [-0.05, 0) is 139 Å². The second-order valence-electron chi connectivity index (χ2n) is 34.2. The predicted octanol–water partition coefficient (Wildman–Crippen LogP) is 9.58. The van der Waals surface area contributed by atoms with Crippen molar-refractivity contribution in [2.75, 3.05) is 256 Å². The fourth-order valence-corrected chi connectivity index (χ4v) is 15.4. The van der Waals surface area contributed by atoms with Crippen molar-refractivity contribution in [2.45, 2.75) is 110 Å². The third-order valence-corrected chi connectivity index (χ3v) is 22.7. The van der Waals surface area contributed by atoms with Gasteiger partial charge in [-0.15, -0.1) is 15.3 Å². The largest absolute Gasteiger partial charge is 0.395 e. The first kappa shape index (κ1) is 94.6. The van der Waals surface area contributed by atoms with Crippen LogP contribution in [0.1, 0.15) is 93.7 Å². The highest BCUT2D eigenvalue weighted by molar-refractivity contribution is 5.93. The van der Waals surface area contributed by atoms with Crippen molar-refractivity contribution in [1.82, 2.24) is 48.1 Å². The third-order valence-electron chi connectivity index (χ3n) is 22.7. The van der Waals surface area contributed by atoms with Gasteiger partial charge >= 0.3 is 0 Å². The normalized spacial score (nSPS) is 14.5. The zero-order valence-electron chi connectivity index (χ0n) is 74.2. The molecule has 0 saturated carbocycles. The number of aryl methyl sites for hydroxylation is 6. The zero-order chi connectivity index (χ0) is 78.2. The number of likely N-dealkylation sites (N-methyl/N-ethyl adjacent to an activating group) is 3. The maximum absolute atomic E-state index is 6.41. The molecule has 27 heteroatoms. The van der Waals surface area contributed by atoms with Gasteiger partial charge in [-0.1, -0.05) is 12.1 Å². The first-order valence-electron chi connectivity index (χ1n) is 39.5. The molecule has 10 aromatic heterocycles. The minimum atomic E-state index is 0. The number of fused-ring (bicyclic) bond motifs is 9. The number of rotatable bonds is 23. The number of aromatic nitrogens is 10. The Hall–Kier alpha value is -8.99. The molecule has 0 radical (unpaired) electrons. The summed E-state index contributed by atoms with van der Waals surface area (Å²) in [6.45, 7) is 23.8. The summed E-state index contributed by atoms with van der Waals surface area (Å²) in [4.78, 5) is 10.0. The summed E-state index contributed by atoms with van der Waals surface area (Å²) in [5.41, 5.74) is 51.8. The summed E-state index contributed by atoms with van der Waals surface area (Å²) in [7, 11) is 32.1. The molecule has 0 atom stereocenters. The molecule has 27 nitrogen and oxygen atoms in total. The van der Waals surface area contributed by atoms with Gasteiger partial charge in [0.05, 0.1) is 198 Å². The molecule has 12 heterocycles. The minimum Gasteiger partial charge on any atom is -0.395 e. The Labute approximate surface area is 679 Å². The Balaban J connectivity index is 0.000000250. The van der Waals surface area contributed by atoms with Crippen LogP contribution in [-0.2, 0) is 43.3 Å². The van der Waals surface area contributed by atoms with E-state index in [0.717, 1.165) is 232 Å². The van der Waals surface area contributed by atoms with Crippen LogP contribution in [0, 0.1) is 37.1 Å². The van der Waals surface area contributed by atoms with Crippen molar-refractivity contribution in [3.05, 3.63) is 150 Å². The van der Waals surface area contributed by atoms with Gasteiger partial charge in [0.25, 0.3) is 0 Å². The van der Waals surface area contributed by atoms with E-state index in [4.69, 9.17) is 43.6 Å². The molecule has 2 saturated heterocycles. The Morgan fingerprint density at radius 2 is 0.920 bits per heavy atom. The van der Waals surface area contributed by atoms with Crippen LogP contribution >= 0.6 is 0 Å². The summed E-state index contributed by atoms with van der Waals surface area (Å²) in [6, 6.07) is 22.2. The number of anilines is 11. The van der Waals surface area contributed by atoms with E-state index in [-0.39, 0.29) is 37.1 Å². The highest BCUT2D eigenvalue weighted by Crippen LogP contribution is 2.36. The molecule has 10 aromatic rings. The van der Waals surface area contributed by atoms with Crippen molar-refractivity contribution in [3.8, 4) is 0 Å². The molecule has 13 N–H and O–H groups in total. The molecule has 2 aliphatic heterocycles. The lowest BCUT2D eigenvalue weighted by Gasteiger charge is -2.42. The molecule has 0 spiro atoms. The number of quaternary nitrogens is 5. The van der Waals surface area contributed by atoms with Crippen LogP contribution in [0.25, 0.3) is 27.6 Å². The fraction of sp³-hybridized carbons (Fsp3) is 0.535. The summed E-state index contributed by atoms with van der Waals surface area (Å²) >= 11 is 0. The van der Waals surface area contributed by atoms with Gasteiger partial charge in [0.2, 0.25) is 0 Å². The standard InChI is InChI=1S/C20H33N4.C18H27N4O.C15H27N6.C14H22N6.C14H25N6.5CH3/c1-14(2)24(5,15(3)4)13-7-9-17-20(21)19-12-11-16-8-6-10-18(16)23(19)22-17;1-22(10-12-23-13-11-22)9-3-5-15-18(19)17-8-7-14-4-2-6-16(14)21(17)20-15;1-19(2)12-8-6-10-20-14(12)13(16)15(18-20)17-9-7-11-21(3,4)5;1-17(2)11-5-4-6-20-13(11)12(15)14(16-20)19-9-7-18(3)8-10-19;1-18(2)11-7-6-9-19-13(11)12(15)14(17-19)16-8-10-20(3,4)5;;;;;/h11-12,14-15H,6-10,13,21H2,1-5H3;7-8H,2-6,9-13,19H2,1H3;6,8,10H,7,9,11,16H2,1-5H3,(H,17,18);4-6H,7-10,15H2,1-3H3;6-7,9H,8,10,15H2,1-5H3,(H,16,17);5*1H3/q3*+1;;+1;5*-1/p+1. The number of nitrogens with one attached hydrogen (secondary N) is 3. The molecule has 2 fully saturated rings. The van der Waals surface area contributed by atoms with Gasteiger partial charge in [-0.3, -0.25) is 0 Å². The Bertz CT molecular complexity index is 4590. The lowest BCUT2D eigenvalue weighted by molar-refractivity contribution is -0.949. The first-order valence-corrected chi connectivity index (χ1v) is 39.5. The average molecular weight is 1560 g/mol. The van der Waals surface area contributed by atoms with Gasteiger partial charge in [0.1, 0.15) is 46.7 Å². The Morgan fingerprint density at radius 1 is 0.504 bits per heavy atom. The number of nitrogens with two attached hydrogens (primary N) is 5. The second kappa shape index (κ2) is 40.3. The quantitative estimate of drug-likeness (QED) is 0.0168. The SMILES string of the molecule is CC(C)[N+](C)(CCCc1nn2c3c(ccc2c1N)CCC3)C(C)C.CN(C)c1cccn2nc(N3CC[NH+](C)CC3)c(N)c12.CN(C)c1cccn2nc(NCCC[N+](C)(C)C)c(N)c12.CN(C)c1cccn2nc(NCC[N+](C)(C)C)c(N)c12.C[N+]1(CCCc2nn3c4c(ccc3c2N)CCC4)CCOCC1.[CH3-].[CH3-].[CH3-].[CH3-].[CH3-]. The maximum atomic E-state index is 6.41. The van der Waals surface area contributed by atoms with E-state index in [1.807, 2.05) is 115 Å². The number of hydrogen-bond acceptors (Lipinski definition) is 17. The van der Waals surface area contributed by atoms with E-state index in [0.29, 0.717) is 23.5 Å². The topological polar surface area (TPSA) is 267 Å². The van der Waals surface area contributed by atoms with Crippen LogP contribution in [0.3, 0.4) is 0 Å². The lowest BCUT2D eigenvalue weighted by Crippen LogP contribution is -3.12. The molecule has 0 amide bonds. The van der Waals surface area contributed by atoms with Crippen molar-refractivity contribution < 1.29 is 27.6 Å². The van der Waals surface area contributed by atoms with Crippen molar-refractivity contribution in [2.24, 2.45) is 0 Å². The molecule has 14 rings (SSSR count). The van der Waals surface area contributed by atoms with Crippen LogP contribution in [-0.4, -0.2) is 276 Å². The van der Waals surface area contributed by atoms with E-state index in [1.54, 1.807) is 4.90 Å². The lowest BCUT2D eigenvalue weighted by atomic mass is 10.1. The van der Waals surface area contributed by atoms with Crippen molar-refractivity contribution in [1.29, 1.82) is 0 Å². The molecule has 4 aliphatic rings. The summed E-state index contributed by atoms with van der Waals surface area (Å²) in [6.07, 6.45) is 18.2. The Morgan fingerprint density at radius 3 is 1.35 bits per heavy atom.